The van der Waals surface area contributed by atoms with E-state index >= 15 is 0 Å². The maximum Gasteiger partial charge on any atom is 0.411 e. The predicted molar refractivity (Wildman–Crippen MR) is 87.2 cm³/mol. The lowest BCUT2D eigenvalue weighted by atomic mass is 9.91. The van der Waals surface area contributed by atoms with Crippen LogP contribution in [0, 0.1) is 6.92 Å². The first-order chi connectivity index (χ1) is 10.7. The Morgan fingerprint density at radius 1 is 1.30 bits per heavy atom. The van der Waals surface area contributed by atoms with Crippen molar-refractivity contribution in [2.24, 2.45) is 0 Å². The number of hydrogen-bond acceptors (Lipinski definition) is 4. The highest BCUT2D eigenvalue weighted by atomic mass is 16.6. The number of ether oxygens (including phenoxy) is 2. The standard InChI is InChI=1S/C18H25NO4/c1-6-22-16(20)15-14-8-7-12(2)11-13(14)9-10-19(15)17(21)23-18(3,4)5/h7-8,11,15H,6,9-10H2,1-5H3. The van der Waals surface area contributed by atoms with E-state index in [9.17, 15) is 9.59 Å². The number of esters is 1. The van der Waals surface area contributed by atoms with Gasteiger partial charge in [0.1, 0.15) is 5.60 Å². The molecule has 0 aromatic heterocycles. The van der Waals surface area contributed by atoms with Crippen LogP contribution in [0.4, 0.5) is 4.79 Å². The van der Waals surface area contributed by atoms with Gasteiger partial charge in [-0.3, -0.25) is 4.90 Å². The largest absolute Gasteiger partial charge is 0.464 e. The van der Waals surface area contributed by atoms with Crippen molar-refractivity contribution < 1.29 is 19.1 Å². The lowest BCUT2D eigenvalue weighted by molar-refractivity contribution is -0.150. The van der Waals surface area contributed by atoms with E-state index in [0.29, 0.717) is 13.0 Å². The molecule has 0 N–H and O–H groups in total. The molecule has 0 spiro atoms. The molecule has 0 saturated carbocycles. The molecular formula is C18H25NO4. The molecule has 1 amide bonds. The summed E-state index contributed by atoms with van der Waals surface area (Å²) in [5.74, 6) is -0.414. The van der Waals surface area contributed by atoms with Crippen LogP contribution in [0.15, 0.2) is 18.2 Å². The molecule has 1 aliphatic heterocycles. The number of hydrogen-bond donors (Lipinski definition) is 0. The molecule has 1 atom stereocenters. The van der Waals surface area contributed by atoms with Gasteiger partial charge in [-0.05, 0) is 52.2 Å². The lowest BCUT2D eigenvalue weighted by Gasteiger charge is -2.36. The number of fused-ring (bicyclic) bond motifs is 1. The van der Waals surface area contributed by atoms with E-state index in [1.165, 1.54) is 4.90 Å². The number of rotatable bonds is 2. The van der Waals surface area contributed by atoms with Gasteiger partial charge in [0.2, 0.25) is 0 Å². The van der Waals surface area contributed by atoms with Crippen LogP contribution in [0.3, 0.4) is 0 Å². The molecule has 5 nitrogen and oxygen atoms in total. The smallest absolute Gasteiger partial charge is 0.411 e. The Morgan fingerprint density at radius 2 is 2.00 bits per heavy atom. The van der Waals surface area contributed by atoms with E-state index in [-0.39, 0.29) is 6.61 Å². The highest BCUT2D eigenvalue weighted by molar-refractivity contribution is 5.84. The number of benzene rings is 1. The number of aryl methyl sites for hydroxylation is 1. The quantitative estimate of drug-likeness (QED) is 0.784. The minimum Gasteiger partial charge on any atom is -0.464 e. The summed E-state index contributed by atoms with van der Waals surface area (Å²) in [6.45, 7) is 9.92. The Balaban J connectivity index is 2.37. The van der Waals surface area contributed by atoms with Gasteiger partial charge in [-0.2, -0.15) is 0 Å². The van der Waals surface area contributed by atoms with Crippen LogP contribution in [0.1, 0.15) is 50.4 Å². The molecule has 0 aliphatic carbocycles. The van der Waals surface area contributed by atoms with Gasteiger partial charge in [0.25, 0.3) is 0 Å². The predicted octanol–water partition coefficient (Wildman–Crippen LogP) is 3.39. The first-order valence-corrected chi connectivity index (χ1v) is 7.98. The molecule has 1 heterocycles. The minimum atomic E-state index is -0.742. The highest BCUT2D eigenvalue weighted by Gasteiger charge is 2.38. The van der Waals surface area contributed by atoms with Crippen LogP contribution >= 0.6 is 0 Å². The molecule has 1 aromatic rings. The van der Waals surface area contributed by atoms with Crippen LogP contribution in [0.25, 0.3) is 0 Å². The summed E-state index contributed by atoms with van der Waals surface area (Å²) in [7, 11) is 0. The van der Waals surface area contributed by atoms with Crippen molar-refractivity contribution in [2.75, 3.05) is 13.2 Å². The summed E-state index contributed by atoms with van der Waals surface area (Å²) in [5.41, 5.74) is 2.44. The Labute approximate surface area is 137 Å². The van der Waals surface area contributed by atoms with Crippen molar-refractivity contribution >= 4 is 12.1 Å². The first-order valence-electron chi connectivity index (χ1n) is 7.98. The average molecular weight is 319 g/mol. The summed E-state index contributed by atoms with van der Waals surface area (Å²) in [6, 6.07) is 5.18. The van der Waals surface area contributed by atoms with Gasteiger partial charge in [-0.15, -0.1) is 0 Å². The zero-order valence-electron chi connectivity index (χ0n) is 14.5. The Bertz CT molecular complexity index is 604. The monoisotopic (exact) mass is 319 g/mol. The van der Waals surface area contributed by atoms with Gasteiger partial charge in [-0.25, -0.2) is 9.59 Å². The summed E-state index contributed by atoms with van der Waals surface area (Å²) in [4.78, 5) is 26.4. The number of nitrogens with zero attached hydrogens (tertiary/aromatic N) is 1. The van der Waals surface area contributed by atoms with Crippen molar-refractivity contribution in [1.82, 2.24) is 4.90 Å². The van der Waals surface area contributed by atoms with E-state index in [1.54, 1.807) is 6.92 Å². The minimum absolute atomic E-state index is 0.276. The number of amides is 1. The van der Waals surface area contributed by atoms with Crippen molar-refractivity contribution in [2.45, 2.75) is 52.7 Å². The zero-order valence-corrected chi connectivity index (χ0v) is 14.5. The molecule has 1 aliphatic rings. The molecule has 5 heteroatoms. The Hall–Kier alpha value is -2.04. The molecule has 1 unspecified atom stereocenters. The number of carbonyl (C=O) groups is 2. The van der Waals surface area contributed by atoms with Crippen LogP contribution in [-0.2, 0) is 20.7 Å². The van der Waals surface area contributed by atoms with Gasteiger partial charge in [0, 0.05) is 6.54 Å². The van der Waals surface area contributed by atoms with Gasteiger partial charge in [0.05, 0.1) is 6.61 Å². The topological polar surface area (TPSA) is 55.8 Å². The summed E-state index contributed by atoms with van der Waals surface area (Å²) >= 11 is 0. The molecule has 1 aromatic carbocycles. The first kappa shape index (κ1) is 17.3. The summed E-state index contributed by atoms with van der Waals surface area (Å²) in [5, 5.41) is 0. The Morgan fingerprint density at radius 3 is 2.61 bits per heavy atom. The second-order valence-electron chi connectivity index (χ2n) is 6.78. The molecule has 0 bridgehead atoms. The summed E-state index contributed by atoms with van der Waals surface area (Å²) in [6.07, 6.45) is 0.216. The third kappa shape index (κ3) is 4.03. The average Bonchev–Trinajstić information content (AvgIpc) is 2.44. The molecule has 2 rings (SSSR count). The fraction of sp³-hybridized carbons (Fsp3) is 0.556. The van der Waals surface area contributed by atoms with E-state index < -0.39 is 23.7 Å². The highest BCUT2D eigenvalue weighted by Crippen LogP contribution is 2.32. The maximum absolute atomic E-state index is 12.5. The van der Waals surface area contributed by atoms with Crippen LogP contribution in [0.5, 0.6) is 0 Å². The second kappa shape index (κ2) is 6.60. The van der Waals surface area contributed by atoms with E-state index in [2.05, 4.69) is 6.07 Å². The maximum atomic E-state index is 12.5. The normalized spacial score (nSPS) is 17.4. The van der Waals surface area contributed by atoms with Crippen molar-refractivity contribution in [3.63, 3.8) is 0 Å². The zero-order chi connectivity index (χ0) is 17.2. The van der Waals surface area contributed by atoms with E-state index in [4.69, 9.17) is 9.47 Å². The van der Waals surface area contributed by atoms with Gasteiger partial charge >= 0.3 is 12.1 Å². The third-order valence-electron chi connectivity index (χ3n) is 3.66. The molecule has 23 heavy (non-hydrogen) atoms. The molecule has 0 radical (unpaired) electrons. The molecule has 0 fully saturated rings. The van der Waals surface area contributed by atoms with Crippen molar-refractivity contribution in [3.8, 4) is 0 Å². The van der Waals surface area contributed by atoms with Crippen LogP contribution in [0.2, 0.25) is 0 Å². The van der Waals surface area contributed by atoms with Crippen LogP contribution in [-0.4, -0.2) is 35.7 Å². The van der Waals surface area contributed by atoms with Gasteiger partial charge in [0.15, 0.2) is 6.04 Å². The molecule has 126 valence electrons. The fourth-order valence-electron chi connectivity index (χ4n) is 2.75. The van der Waals surface area contributed by atoms with Gasteiger partial charge in [-0.1, -0.05) is 23.8 Å². The second-order valence-corrected chi connectivity index (χ2v) is 6.78. The summed E-state index contributed by atoms with van der Waals surface area (Å²) < 4.78 is 10.6. The fourth-order valence-corrected chi connectivity index (χ4v) is 2.75. The lowest BCUT2D eigenvalue weighted by Crippen LogP contribution is -2.46. The third-order valence-corrected chi connectivity index (χ3v) is 3.66. The Kier molecular flexibility index (Phi) is 4.97. The number of carbonyl (C=O) groups excluding carboxylic acids is 2. The van der Waals surface area contributed by atoms with Gasteiger partial charge < -0.3 is 9.47 Å². The van der Waals surface area contributed by atoms with Crippen molar-refractivity contribution in [3.05, 3.63) is 34.9 Å². The van der Waals surface area contributed by atoms with Crippen molar-refractivity contribution in [1.29, 1.82) is 0 Å². The van der Waals surface area contributed by atoms with Crippen LogP contribution < -0.4 is 0 Å². The van der Waals surface area contributed by atoms with E-state index in [1.807, 2.05) is 39.8 Å². The van der Waals surface area contributed by atoms with E-state index in [0.717, 1.165) is 16.7 Å². The molecule has 0 saturated heterocycles. The molecular weight excluding hydrogens is 294 g/mol. The SMILES string of the molecule is CCOC(=O)C1c2ccc(C)cc2CCN1C(=O)OC(C)(C)C.